The molecule has 0 aromatic heterocycles. The second-order valence-corrected chi connectivity index (χ2v) is 6.53. The third-order valence-electron chi connectivity index (χ3n) is 3.39. The number of hydrogen-bond donors (Lipinski definition) is 1. The molecular formula is C17H26N2O3. The highest BCUT2D eigenvalue weighted by atomic mass is 16.6. The summed E-state index contributed by atoms with van der Waals surface area (Å²) in [5, 5.41) is 3.42. The maximum absolute atomic E-state index is 12.1. The number of piperazine rings is 1. The molecule has 1 fully saturated rings. The monoisotopic (exact) mass is 306 g/mol. The van der Waals surface area contributed by atoms with Gasteiger partial charge >= 0.3 is 6.09 Å². The number of amides is 1. The molecule has 1 N–H and O–H groups in total. The van der Waals surface area contributed by atoms with E-state index in [-0.39, 0.29) is 12.1 Å². The van der Waals surface area contributed by atoms with Gasteiger partial charge in [0.1, 0.15) is 11.4 Å². The molecule has 1 aromatic carbocycles. The van der Waals surface area contributed by atoms with Crippen molar-refractivity contribution in [3.05, 3.63) is 30.3 Å². The summed E-state index contributed by atoms with van der Waals surface area (Å²) in [5.41, 5.74) is -0.451. The number of carbonyl (C=O) groups is 1. The Labute approximate surface area is 132 Å². The Morgan fingerprint density at radius 2 is 2.05 bits per heavy atom. The Morgan fingerprint density at radius 1 is 1.32 bits per heavy atom. The zero-order valence-corrected chi connectivity index (χ0v) is 13.7. The van der Waals surface area contributed by atoms with Crippen LogP contribution >= 0.6 is 0 Å². The van der Waals surface area contributed by atoms with Crippen LogP contribution in [0.2, 0.25) is 0 Å². The van der Waals surface area contributed by atoms with Crippen molar-refractivity contribution in [3.8, 4) is 5.75 Å². The second-order valence-electron chi connectivity index (χ2n) is 6.53. The van der Waals surface area contributed by atoms with Gasteiger partial charge in [0.15, 0.2) is 0 Å². The zero-order valence-electron chi connectivity index (χ0n) is 13.7. The molecule has 22 heavy (non-hydrogen) atoms. The van der Waals surface area contributed by atoms with E-state index in [1.54, 1.807) is 4.90 Å². The molecule has 2 rings (SSSR count). The van der Waals surface area contributed by atoms with Crippen LogP contribution in [-0.4, -0.2) is 48.9 Å². The van der Waals surface area contributed by atoms with Crippen molar-refractivity contribution in [2.45, 2.75) is 38.8 Å². The van der Waals surface area contributed by atoms with Gasteiger partial charge in [0, 0.05) is 25.7 Å². The Kier molecular flexibility index (Phi) is 5.66. The molecule has 0 radical (unpaired) electrons. The summed E-state index contributed by atoms with van der Waals surface area (Å²) in [6.07, 6.45) is 0.622. The molecule has 1 amide bonds. The average molecular weight is 306 g/mol. The third kappa shape index (κ3) is 5.56. The molecule has 1 aliphatic rings. The minimum absolute atomic E-state index is 0.233. The van der Waals surface area contributed by atoms with Crippen LogP contribution < -0.4 is 10.1 Å². The number of rotatable bonds is 4. The van der Waals surface area contributed by atoms with E-state index in [9.17, 15) is 4.79 Å². The first kappa shape index (κ1) is 16.6. The molecule has 1 saturated heterocycles. The smallest absolute Gasteiger partial charge is 0.410 e. The van der Waals surface area contributed by atoms with Crippen molar-refractivity contribution in [2.75, 3.05) is 26.2 Å². The van der Waals surface area contributed by atoms with Gasteiger partial charge in [-0.05, 0) is 39.3 Å². The van der Waals surface area contributed by atoms with E-state index >= 15 is 0 Å². The predicted molar refractivity (Wildman–Crippen MR) is 86.2 cm³/mol. The average Bonchev–Trinajstić information content (AvgIpc) is 2.47. The predicted octanol–water partition coefficient (Wildman–Crippen LogP) is 2.66. The summed E-state index contributed by atoms with van der Waals surface area (Å²) >= 11 is 0. The van der Waals surface area contributed by atoms with Crippen LogP contribution in [0.5, 0.6) is 5.75 Å². The van der Waals surface area contributed by atoms with Crippen LogP contribution in [0.25, 0.3) is 0 Å². The maximum Gasteiger partial charge on any atom is 0.410 e. The van der Waals surface area contributed by atoms with E-state index in [1.807, 2.05) is 51.1 Å². The number of benzene rings is 1. The molecule has 1 aliphatic heterocycles. The standard InChI is InChI=1S/C17H26N2O3/c1-17(2,3)22-16(20)19-11-10-18-14(13-19)9-12-21-15-7-5-4-6-8-15/h4-8,14,18H,9-13H2,1-3H3. The Balaban J connectivity index is 1.75. The lowest BCUT2D eigenvalue weighted by Crippen LogP contribution is -2.53. The Bertz CT molecular complexity index is 471. The number of nitrogens with zero attached hydrogens (tertiary/aromatic N) is 1. The summed E-state index contributed by atoms with van der Waals surface area (Å²) in [6.45, 7) is 8.42. The fourth-order valence-corrected chi connectivity index (χ4v) is 2.35. The molecule has 0 aliphatic carbocycles. The lowest BCUT2D eigenvalue weighted by Gasteiger charge is -2.34. The SMILES string of the molecule is CC(C)(C)OC(=O)N1CCNC(CCOc2ccccc2)C1. The highest BCUT2D eigenvalue weighted by molar-refractivity contribution is 5.68. The maximum atomic E-state index is 12.1. The largest absolute Gasteiger partial charge is 0.494 e. The lowest BCUT2D eigenvalue weighted by atomic mass is 10.1. The molecule has 1 aromatic rings. The lowest BCUT2D eigenvalue weighted by molar-refractivity contribution is 0.0188. The normalized spacial score (nSPS) is 18.9. The van der Waals surface area contributed by atoms with Crippen LogP contribution in [0.4, 0.5) is 4.79 Å². The molecule has 5 nitrogen and oxygen atoms in total. The van der Waals surface area contributed by atoms with Gasteiger partial charge < -0.3 is 19.7 Å². The number of para-hydroxylation sites is 1. The summed E-state index contributed by atoms with van der Waals surface area (Å²) in [4.78, 5) is 13.9. The van der Waals surface area contributed by atoms with Crippen molar-refractivity contribution in [2.24, 2.45) is 0 Å². The molecule has 0 spiro atoms. The molecule has 1 heterocycles. The third-order valence-corrected chi connectivity index (χ3v) is 3.39. The van der Waals surface area contributed by atoms with Crippen molar-refractivity contribution in [1.29, 1.82) is 0 Å². The first-order valence-electron chi connectivity index (χ1n) is 7.83. The summed E-state index contributed by atoms with van der Waals surface area (Å²) in [5.74, 6) is 0.877. The number of ether oxygens (including phenoxy) is 2. The minimum Gasteiger partial charge on any atom is -0.494 e. The van der Waals surface area contributed by atoms with Crippen molar-refractivity contribution in [3.63, 3.8) is 0 Å². The zero-order chi connectivity index (χ0) is 16.0. The molecular weight excluding hydrogens is 280 g/mol. The van der Waals surface area contributed by atoms with E-state index < -0.39 is 5.60 Å². The van der Waals surface area contributed by atoms with Crippen LogP contribution in [-0.2, 0) is 4.74 Å². The molecule has 0 saturated carbocycles. The number of nitrogens with one attached hydrogen (secondary N) is 1. The van der Waals surface area contributed by atoms with Crippen molar-refractivity contribution < 1.29 is 14.3 Å². The highest BCUT2D eigenvalue weighted by Crippen LogP contribution is 2.13. The van der Waals surface area contributed by atoms with Gasteiger partial charge in [-0.15, -0.1) is 0 Å². The number of carbonyl (C=O) groups excluding carboxylic acids is 1. The van der Waals surface area contributed by atoms with Crippen LogP contribution in [0.3, 0.4) is 0 Å². The molecule has 1 unspecified atom stereocenters. The van der Waals surface area contributed by atoms with E-state index in [2.05, 4.69) is 5.32 Å². The van der Waals surface area contributed by atoms with Crippen LogP contribution in [0.1, 0.15) is 27.2 Å². The fraction of sp³-hybridized carbons (Fsp3) is 0.588. The Morgan fingerprint density at radius 3 is 2.73 bits per heavy atom. The van der Waals surface area contributed by atoms with Gasteiger partial charge in [0.2, 0.25) is 0 Å². The summed E-state index contributed by atoms with van der Waals surface area (Å²) in [6, 6.07) is 10.0. The summed E-state index contributed by atoms with van der Waals surface area (Å²) in [7, 11) is 0. The molecule has 0 bridgehead atoms. The minimum atomic E-state index is -0.451. The first-order chi connectivity index (χ1) is 10.4. The number of hydrogen-bond acceptors (Lipinski definition) is 4. The first-order valence-corrected chi connectivity index (χ1v) is 7.83. The quantitative estimate of drug-likeness (QED) is 0.929. The van der Waals surface area contributed by atoms with Gasteiger partial charge in [-0.1, -0.05) is 18.2 Å². The van der Waals surface area contributed by atoms with Crippen molar-refractivity contribution >= 4 is 6.09 Å². The van der Waals surface area contributed by atoms with Gasteiger partial charge in [0.25, 0.3) is 0 Å². The van der Waals surface area contributed by atoms with E-state index in [1.165, 1.54) is 0 Å². The summed E-state index contributed by atoms with van der Waals surface area (Å²) < 4.78 is 11.1. The van der Waals surface area contributed by atoms with Crippen molar-refractivity contribution in [1.82, 2.24) is 10.2 Å². The van der Waals surface area contributed by atoms with Gasteiger partial charge in [-0.25, -0.2) is 4.79 Å². The van der Waals surface area contributed by atoms with E-state index in [0.29, 0.717) is 19.7 Å². The second kappa shape index (κ2) is 7.49. The molecule has 122 valence electrons. The van der Waals surface area contributed by atoms with Gasteiger partial charge in [-0.3, -0.25) is 0 Å². The van der Waals surface area contributed by atoms with E-state index in [0.717, 1.165) is 18.7 Å². The van der Waals surface area contributed by atoms with Gasteiger partial charge in [0.05, 0.1) is 6.61 Å². The molecule has 5 heteroatoms. The topological polar surface area (TPSA) is 50.8 Å². The van der Waals surface area contributed by atoms with Crippen LogP contribution in [0, 0.1) is 0 Å². The molecule has 1 atom stereocenters. The van der Waals surface area contributed by atoms with Crippen LogP contribution in [0.15, 0.2) is 30.3 Å². The van der Waals surface area contributed by atoms with Gasteiger partial charge in [-0.2, -0.15) is 0 Å². The Hall–Kier alpha value is -1.75. The van der Waals surface area contributed by atoms with E-state index in [4.69, 9.17) is 9.47 Å². The highest BCUT2D eigenvalue weighted by Gasteiger charge is 2.27. The fourth-order valence-electron chi connectivity index (χ4n) is 2.35.